The van der Waals surface area contributed by atoms with E-state index in [4.69, 9.17) is 4.98 Å². The number of nitrogens with zero attached hydrogens (tertiary/aromatic N) is 2. The third-order valence-corrected chi connectivity index (χ3v) is 14.5. The fraction of sp³-hybridized carbons (Fsp3) is 0. The molecule has 4 heteroatoms. The molecule has 59 heavy (non-hydrogen) atoms. The Labute approximate surface area is 347 Å². The largest absolute Gasteiger partial charge is 0.291 e. The Morgan fingerprint density at radius 3 is 1.76 bits per heavy atom. The minimum Gasteiger partial charge on any atom is -0.291 e. The molecule has 0 atom stereocenters. The Balaban J connectivity index is 0.899. The van der Waals surface area contributed by atoms with E-state index in [1.54, 1.807) is 0 Å². The number of aromatic nitrogens is 2. The van der Waals surface area contributed by atoms with E-state index in [0.29, 0.717) is 0 Å². The molecule has 274 valence electrons. The van der Waals surface area contributed by atoms with E-state index in [2.05, 4.69) is 199 Å². The van der Waals surface area contributed by atoms with Crippen molar-refractivity contribution in [1.29, 1.82) is 0 Å². The highest BCUT2D eigenvalue weighted by Crippen LogP contribution is 2.44. The van der Waals surface area contributed by atoms with Crippen molar-refractivity contribution >= 4 is 101 Å². The Morgan fingerprint density at radius 2 is 0.983 bits per heavy atom. The Morgan fingerprint density at radius 1 is 0.373 bits per heavy atom. The maximum Gasteiger partial charge on any atom is 0.156 e. The van der Waals surface area contributed by atoms with Crippen LogP contribution in [0.2, 0.25) is 0 Å². The first kappa shape index (κ1) is 32.9. The molecule has 0 N–H and O–H groups in total. The third kappa shape index (κ3) is 5.01. The molecule has 0 saturated carbocycles. The molecule has 0 fully saturated rings. The fourth-order valence-corrected chi connectivity index (χ4v) is 11.7. The Kier molecular flexibility index (Phi) is 7.08. The van der Waals surface area contributed by atoms with Gasteiger partial charge in [-0.3, -0.25) is 4.40 Å². The summed E-state index contributed by atoms with van der Waals surface area (Å²) in [5.74, 6) is 0. The highest BCUT2D eigenvalue weighted by atomic mass is 32.1. The van der Waals surface area contributed by atoms with Crippen LogP contribution in [-0.4, -0.2) is 9.38 Å². The molecule has 0 radical (unpaired) electrons. The number of hydrogen-bond donors (Lipinski definition) is 0. The predicted molar refractivity (Wildman–Crippen MR) is 255 cm³/mol. The summed E-state index contributed by atoms with van der Waals surface area (Å²) < 4.78 is 7.54. The standard InChI is InChI=1S/C55H32N2S2/c1-2-10-41-34(9-1)26-30-51-53(41)46-32-49(57-48-15-7-6-14-47(48)56-55(57)54(46)59-51)37-23-21-36(22-24-37)40-29-28-39(42-11-3-4-12-43(40)42)35-19-17-33(18-20-35)38-25-27-45-44-13-5-8-16-50(44)58-52(45)31-38/h1-32H. The molecule has 2 nitrogen and oxygen atoms in total. The van der Waals surface area contributed by atoms with Gasteiger partial charge in [-0.2, -0.15) is 0 Å². The Bertz CT molecular complexity index is 3830. The van der Waals surface area contributed by atoms with Crippen LogP contribution in [0.5, 0.6) is 0 Å². The number of pyridine rings is 1. The van der Waals surface area contributed by atoms with Crippen LogP contribution in [0.15, 0.2) is 194 Å². The van der Waals surface area contributed by atoms with Crippen LogP contribution >= 0.6 is 22.7 Å². The van der Waals surface area contributed by atoms with Crippen LogP contribution in [0.3, 0.4) is 0 Å². The number of hydrogen-bond acceptors (Lipinski definition) is 3. The lowest BCUT2D eigenvalue weighted by atomic mass is 9.91. The van der Waals surface area contributed by atoms with Gasteiger partial charge in [0.2, 0.25) is 0 Å². The van der Waals surface area contributed by atoms with Crippen LogP contribution in [-0.2, 0) is 0 Å². The number of benzene rings is 9. The van der Waals surface area contributed by atoms with Gasteiger partial charge in [0.15, 0.2) is 5.65 Å². The molecule has 0 spiro atoms. The summed E-state index contributed by atoms with van der Waals surface area (Å²) in [5, 5.41) is 10.3. The van der Waals surface area contributed by atoms with Crippen molar-refractivity contribution in [1.82, 2.24) is 9.38 Å². The number of para-hydroxylation sites is 2. The fourth-order valence-electron chi connectivity index (χ4n) is 9.40. The highest BCUT2D eigenvalue weighted by Gasteiger charge is 2.19. The molecule has 0 aliphatic rings. The first-order chi connectivity index (χ1) is 29.2. The molecule has 4 heterocycles. The van der Waals surface area contributed by atoms with Gasteiger partial charge in [0.1, 0.15) is 0 Å². The zero-order chi connectivity index (χ0) is 38.6. The van der Waals surface area contributed by atoms with Crippen LogP contribution in [0.1, 0.15) is 0 Å². The topological polar surface area (TPSA) is 17.3 Å². The third-order valence-electron chi connectivity index (χ3n) is 12.2. The van der Waals surface area contributed by atoms with Gasteiger partial charge in [0, 0.05) is 35.6 Å². The summed E-state index contributed by atoms with van der Waals surface area (Å²) in [6.07, 6.45) is 0. The SMILES string of the molecule is c1ccc2c(c1)ccc1sc3c(cc(-c4ccc(-c5ccc(-c6ccc(-c7ccc8c(c7)sc7ccccc78)cc6)c6ccccc56)cc4)n4c5ccccc5nc34)c12. The smallest absolute Gasteiger partial charge is 0.156 e. The van der Waals surface area contributed by atoms with Crippen LogP contribution in [0, 0.1) is 0 Å². The minimum atomic E-state index is 1.01. The molecule has 9 aromatic carbocycles. The molecule has 13 rings (SSSR count). The molecule has 0 unspecified atom stereocenters. The monoisotopic (exact) mass is 784 g/mol. The highest BCUT2D eigenvalue weighted by molar-refractivity contribution is 7.26. The number of fused-ring (bicyclic) bond motifs is 13. The van der Waals surface area contributed by atoms with E-state index in [1.807, 2.05) is 22.7 Å². The normalized spacial score (nSPS) is 12.1. The zero-order valence-electron chi connectivity index (χ0n) is 31.7. The average molecular weight is 785 g/mol. The quantitative estimate of drug-likeness (QED) is 0.174. The summed E-state index contributed by atoms with van der Waals surface area (Å²) in [6.45, 7) is 0. The van der Waals surface area contributed by atoms with Gasteiger partial charge in [0.05, 0.1) is 21.4 Å². The van der Waals surface area contributed by atoms with Crippen molar-refractivity contribution in [3.05, 3.63) is 194 Å². The molecule has 0 amide bonds. The molecule has 0 aliphatic carbocycles. The van der Waals surface area contributed by atoms with Crippen molar-refractivity contribution in [2.75, 3.05) is 0 Å². The van der Waals surface area contributed by atoms with Crippen LogP contribution < -0.4 is 0 Å². The van der Waals surface area contributed by atoms with E-state index in [1.165, 1.54) is 95.3 Å². The summed E-state index contributed by atoms with van der Waals surface area (Å²) in [7, 11) is 0. The van der Waals surface area contributed by atoms with E-state index in [0.717, 1.165) is 27.9 Å². The van der Waals surface area contributed by atoms with Gasteiger partial charge in [-0.15, -0.1) is 22.7 Å². The first-order valence-electron chi connectivity index (χ1n) is 20.0. The second-order valence-corrected chi connectivity index (χ2v) is 17.6. The van der Waals surface area contributed by atoms with Crippen molar-refractivity contribution in [3.63, 3.8) is 0 Å². The van der Waals surface area contributed by atoms with Gasteiger partial charge in [-0.25, -0.2) is 4.98 Å². The number of thiophene rings is 2. The lowest BCUT2D eigenvalue weighted by molar-refractivity contribution is 1.25. The van der Waals surface area contributed by atoms with Crippen molar-refractivity contribution in [3.8, 4) is 44.6 Å². The van der Waals surface area contributed by atoms with E-state index in [-0.39, 0.29) is 0 Å². The Hall–Kier alpha value is -7.11. The first-order valence-corrected chi connectivity index (χ1v) is 21.7. The summed E-state index contributed by atoms with van der Waals surface area (Å²) >= 11 is 3.71. The minimum absolute atomic E-state index is 1.01. The molecule has 0 aliphatic heterocycles. The van der Waals surface area contributed by atoms with Crippen LogP contribution in [0.25, 0.3) is 123 Å². The van der Waals surface area contributed by atoms with E-state index in [9.17, 15) is 0 Å². The lowest BCUT2D eigenvalue weighted by Gasteiger charge is -2.14. The summed E-state index contributed by atoms with van der Waals surface area (Å²) in [4.78, 5) is 5.25. The predicted octanol–water partition coefficient (Wildman–Crippen LogP) is 16.2. The number of rotatable bonds is 4. The van der Waals surface area contributed by atoms with Gasteiger partial charge >= 0.3 is 0 Å². The maximum absolute atomic E-state index is 5.25. The van der Waals surface area contributed by atoms with Crippen molar-refractivity contribution < 1.29 is 0 Å². The van der Waals surface area contributed by atoms with Gasteiger partial charge < -0.3 is 0 Å². The van der Waals surface area contributed by atoms with Gasteiger partial charge in [-0.1, -0.05) is 158 Å². The molecule has 13 aromatic rings. The van der Waals surface area contributed by atoms with Crippen LogP contribution in [0.4, 0.5) is 0 Å². The molecule has 0 bridgehead atoms. The van der Waals surface area contributed by atoms with Crippen molar-refractivity contribution in [2.24, 2.45) is 0 Å². The average Bonchev–Trinajstić information content (AvgIpc) is 4.00. The van der Waals surface area contributed by atoms with Crippen molar-refractivity contribution in [2.45, 2.75) is 0 Å². The molecular formula is C55H32N2S2. The zero-order valence-corrected chi connectivity index (χ0v) is 33.3. The molecular weight excluding hydrogens is 753 g/mol. The summed E-state index contributed by atoms with van der Waals surface area (Å²) in [5.41, 5.74) is 12.8. The van der Waals surface area contributed by atoms with Gasteiger partial charge in [0.25, 0.3) is 0 Å². The molecule has 0 saturated heterocycles. The molecule has 4 aromatic heterocycles. The second-order valence-electron chi connectivity index (χ2n) is 15.5. The van der Waals surface area contributed by atoms with E-state index >= 15 is 0 Å². The number of imidazole rings is 1. The van der Waals surface area contributed by atoms with Gasteiger partial charge in [-0.05, 0) is 96.9 Å². The summed E-state index contributed by atoms with van der Waals surface area (Å²) in [6, 6.07) is 71.4. The second kappa shape index (κ2) is 12.7. The van der Waals surface area contributed by atoms with E-state index < -0.39 is 0 Å². The maximum atomic E-state index is 5.25. The lowest BCUT2D eigenvalue weighted by Crippen LogP contribution is -1.93.